The lowest BCUT2D eigenvalue weighted by atomic mass is 9.82. The molecule has 0 bridgehead atoms. The second-order valence-electron chi connectivity index (χ2n) is 4.40. The third-order valence-electron chi connectivity index (χ3n) is 2.99. The summed E-state index contributed by atoms with van der Waals surface area (Å²) < 4.78 is 13.3. The predicted octanol–water partition coefficient (Wildman–Crippen LogP) is 2.96. The van der Waals surface area contributed by atoms with Crippen LogP contribution >= 0.6 is 0 Å². The smallest absolute Gasteiger partial charge is 0.126 e. The summed E-state index contributed by atoms with van der Waals surface area (Å²) in [6.07, 6.45) is 0. The minimum atomic E-state index is -0.464. The van der Waals surface area contributed by atoms with Gasteiger partial charge in [0.2, 0.25) is 0 Å². The number of nitrogens with two attached hydrogens (primary N) is 1. The van der Waals surface area contributed by atoms with Crippen molar-refractivity contribution < 1.29 is 4.39 Å². The zero-order valence-electron chi connectivity index (χ0n) is 9.26. The highest BCUT2D eigenvalue weighted by Crippen LogP contribution is 2.27. The Balaban J connectivity index is 3.14. The fourth-order valence-electron chi connectivity index (χ4n) is 1.26. The van der Waals surface area contributed by atoms with Crippen molar-refractivity contribution in [2.45, 2.75) is 33.2 Å². The van der Waals surface area contributed by atoms with E-state index in [2.05, 4.69) is 0 Å². The molecule has 1 aromatic carbocycles. The Morgan fingerprint density at radius 3 is 2.36 bits per heavy atom. The first-order chi connectivity index (χ1) is 6.35. The molecule has 14 heavy (non-hydrogen) atoms. The zero-order chi connectivity index (χ0) is 10.9. The highest BCUT2D eigenvalue weighted by atomic mass is 19.1. The van der Waals surface area contributed by atoms with Crippen molar-refractivity contribution in [2.75, 3.05) is 0 Å². The van der Waals surface area contributed by atoms with E-state index in [1.54, 1.807) is 13.0 Å². The third kappa shape index (κ3) is 1.95. The maximum Gasteiger partial charge on any atom is 0.126 e. The van der Waals surface area contributed by atoms with Crippen LogP contribution in [0.3, 0.4) is 0 Å². The normalized spacial score (nSPS) is 15.6. The Bertz CT molecular complexity index is 329. The maximum absolute atomic E-state index is 13.3. The molecule has 0 saturated heterocycles. The van der Waals surface area contributed by atoms with Gasteiger partial charge < -0.3 is 5.73 Å². The molecule has 1 nitrogen and oxygen atoms in total. The minimum Gasteiger partial charge on any atom is -0.321 e. The highest BCUT2D eigenvalue weighted by molar-refractivity contribution is 5.28. The molecular weight excluding hydrogens is 177 g/mol. The second-order valence-corrected chi connectivity index (χ2v) is 4.40. The maximum atomic E-state index is 13.3. The van der Waals surface area contributed by atoms with Crippen LogP contribution in [0.5, 0.6) is 0 Å². The highest BCUT2D eigenvalue weighted by Gasteiger charge is 2.25. The summed E-state index contributed by atoms with van der Waals surface area (Å²) >= 11 is 0. The summed E-state index contributed by atoms with van der Waals surface area (Å²) in [5, 5.41) is 0. The lowest BCUT2D eigenvalue weighted by molar-refractivity contribution is 0.349. The number of hydrogen-bond donors (Lipinski definition) is 1. The summed E-state index contributed by atoms with van der Waals surface area (Å²) in [6.45, 7) is 7.76. The van der Waals surface area contributed by atoms with Crippen LogP contribution in [-0.4, -0.2) is 0 Å². The molecule has 0 aromatic heterocycles. The average molecular weight is 195 g/mol. The number of benzene rings is 1. The van der Waals surface area contributed by atoms with Crippen LogP contribution in [0.15, 0.2) is 18.2 Å². The van der Waals surface area contributed by atoms with E-state index in [-0.39, 0.29) is 11.7 Å². The Kier molecular flexibility index (Phi) is 2.95. The van der Waals surface area contributed by atoms with Crippen LogP contribution in [0.25, 0.3) is 0 Å². The Morgan fingerprint density at radius 2 is 1.93 bits per heavy atom. The van der Waals surface area contributed by atoms with Crippen LogP contribution in [0.4, 0.5) is 4.39 Å². The standard InChI is InChI=1S/C12H18FN/c1-8(2)12(4,14)10-6-5-9(3)11(13)7-10/h5-8H,14H2,1-4H3. The first-order valence-corrected chi connectivity index (χ1v) is 4.91. The second kappa shape index (κ2) is 3.70. The molecule has 0 radical (unpaired) electrons. The lowest BCUT2D eigenvalue weighted by Crippen LogP contribution is -2.38. The van der Waals surface area contributed by atoms with Gasteiger partial charge in [-0.15, -0.1) is 0 Å². The zero-order valence-corrected chi connectivity index (χ0v) is 9.26. The summed E-state index contributed by atoms with van der Waals surface area (Å²) in [4.78, 5) is 0. The molecule has 0 fully saturated rings. The van der Waals surface area contributed by atoms with Gasteiger partial charge >= 0.3 is 0 Å². The van der Waals surface area contributed by atoms with Crippen molar-refractivity contribution in [1.29, 1.82) is 0 Å². The van der Waals surface area contributed by atoms with Crippen molar-refractivity contribution in [3.63, 3.8) is 0 Å². The van der Waals surface area contributed by atoms with Crippen LogP contribution in [0.2, 0.25) is 0 Å². The van der Waals surface area contributed by atoms with E-state index in [4.69, 9.17) is 5.73 Å². The topological polar surface area (TPSA) is 26.0 Å². The Hall–Kier alpha value is -0.890. The van der Waals surface area contributed by atoms with Gasteiger partial charge in [-0.05, 0) is 37.0 Å². The van der Waals surface area contributed by atoms with Gasteiger partial charge in [-0.25, -0.2) is 4.39 Å². The summed E-state index contributed by atoms with van der Waals surface area (Å²) in [7, 11) is 0. The number of rotatable bonds is 2. The quantitative estimate of drug-likeness (QED) is 0.771. The molecule has 1 rings (SSSR count). The Labute approximate surface area is 85.1 Å². The Morgan fingerprint density at radius 1 is 1.36 bits per heavy atom. The molecule has 1 aromatic rings. The molecule has 1 unspecified atom stereocenters. The van der Waals surface area contributed by atoms with Crippen molar-refractivity contribution >= 4 is 0 Å². The number of aryl methyl sites for hydroxylation is 1. The third-order valence-corrected chi connectivity index (χ3v) is 2.99. The number of hydrogen-bond acceptors (Lipinski definition) is 1. The summed E-state index contributed by atoms with van der Waals surface area (Å²) in [5.41, 5.74) is 7.19. The van der Waals surface area contributed by atoms with E-state index in [9.17, 15) is 4.39 Å². The van der Waals surface area contributed by atoms with Crippen molar-refractivity contribution in [2.24, 2.45) is 11.7 Å². The molecule has 78 valence electrons. The van der Waals surface area contributed by atoms with E-state index in [1.807, 2.05) is 26.8 Å². The molecule has 0 amide bonds. The van der Waals surface area contributed by atoms with Gasteiger partial charge in [-0.1, -0.05) is 26.0 Å². The molecule has 0 heterocycles. The minimum absolute atomic E-state index is 0.181. The predicted molar refractivity (Wildman–Crippen MR) is 57.5 cm³/mol. The molecule has 0 aliphatic rings. The molecule has 1 atom stereocenters. The first kappa shape index (κ1) is 11.2. The summed E-state index contributed by atoms with van der Waals surface area (Å²) in [5.74, 6) is 0.101. The molecular formula is C12H18FN. The molecule has 2 N–H and O–H groups in total. The van der Waals surface area contributed by atoms with Crippen LogP contribution in [0, 0.1) is 18.7 Å². The fourth-order valence-corrected chi connectivity index (χ4v) is 1.26. The van der Waals surface area contributed by atoms with Gasteiger partial charge in [-0.2, -0.15) is 0 Å². The van der Waals surface area contributed by atoms with E-state index in [1.165, 1.54) is 6.07 Å². The van der Waals surface area contributed by atoms with Crippen LogP contribution < -0.4 is 5.73 Å². The molecule has 0 aliphatic heterocycles. The SMILES string of the molecule is Cc1ccc(C(C)(N)C(C)C)cc1F. The van der Waals surface area contributed by atoms with Crippen molar-refractivity contribution in [1.82, 2.24) is 0 Å². The molecule has 0 aliphatic carbocycles. The monoisotopic (exact) mass is 195 g/mol. The van der Waals surface area contributed by atoms with Gasteiger partial charge in [0, 0.05) is 5.54 Å². The molecule has 0 spiro atoms. The summed E-state index contributed by atoms with van der Waals surface area (Å²) in [6, 6.07) is 5.21. The van der Waals surface area contributed by atoms with E-state index in [0.29, 0.717) is 5.56 Å². The first-order valence-electron chi connectivity index (χ1n) is 4.91. The van der Waals surface area contributed by atoms with Crippen LogP contribution in [0.1, 0.15) is 31.9 Å². The van der Waals surface area contributed by atoms with Gasteiger partial charge in [0.25, 0.3) is 0 Å². The average Bonchev–Trinajstić information content (AvgIpc) is 2.09. The van der Waals surface area contributed by atoms with E-state index >= 15 is 0 Å². The fraction of sp³-hybridized carbons (Fsp3) is 0.500. The van der Waals surface area contributed by atoms with Gasteiger partial charge in [0.15, 0.2) is 0 Å². The number of halogens is 1. The van der Waals surface area contributed by atoms with Crippen LogP contribution in [-0.2, 0) is 5.54 Å². The largest absolute Gasteiger partial charge is 0.321 e. The lowest BCUT2D eigenvalue weighted by Gasteiger charge is -2.29. The molecule has 2 heteroatoms. The van der Waals surface area contributed by atoms with E-state index < -0.39 is 5.54 Å². The van der Waals surface area contributed by atoms with Gasteiger partial charge in [0.05, 0.1) is 0 Å². The van der Waals surface area contributed by atoms with Crippen molar-refractivity contribution in [3.05, 3.63) is 35.1 Å². The molecule has 0 saturated carbocycles. The van der Waals surface area contributed by atoms with Crippen molar-refractivity contribution in [3.8, 4) is 0 Å². The van der Waals surface area contributed by atoms with Gasteiger partial charge in [-0.3, -0.25) is 0 Å². The van der Waals surface area contributed by atoms with E-state index in [0.717, 1.165) is 5.56 Å². The van der Waals surface area contributed by atoms with Gasteiger partial charge in [0.1, 0.15) is 5.82 Å².